The summed E-state index contributed by atoms with van der Waals surface area (Å²) < 4.78 is 1.95. The van der Waals surface area contributed by atoms with Crippen LogP contribution in [0.25, 0.3) is 11.0 Å². The van der Waals surface area contributed by atoms with Crippen LogP contribution < -0.4 is 5.32 Å². The van der Waals surface area contributed by atoms with Gasteiger partial charge >= 0.3 is 0 Å². The van der Waals surface area contributed by atoms with Crippen LogP contribution in [0.3, 0.4) is 0 Å². The van der Waals surface area contributed by atoms with E-state index in [2.05, 4.69) is 10.3 Å². The Labute approximate surface area is 157 Å². The summed E-state index contributed by atoms with van der Waals surface area (Å²) in [5.41, 5.74) is 1.89. The van der Waals surface area contributed by atoms with Gasteiger partial charge in [0.15, 0.2) is 0 Å². The lowest BCUT2D eigenvalue weighted by Gasteiger charge is -2.14. The van der Waals surface area contributed by atoms with Gasteiger partial charge in [0, 0.05) is 20.0 Å². The summed E-state index contributed by atoms with van der Waals surface area (Å²) in [6.45, 7) is 0.445. The second kappa shape index (κ2) is 6.98. The first kappa shape index (κ1) is 17.5. The van der Waals surface area contributed by atoms with Crippen LogP contribution in [0, 0.1) is 11.8 Å². The first-order chi connectivity index (χ1) is 13.1. The smallest absolute Gasteiger partial charge is 0.233 e. The van der Waals surface area contributed by atoms with E-state index in [-0.39, 0.29) is 42.5 Å². The molecule has 2 atom stereocenters. The zero-order valence-corrected chi connectivity index (χ0v) is 15.2. The molecule has 1 aliphatic carbocycles. The van der Waals surface area contributed by atoms with Crippen LogP contribution in [-0.2, 0) is 28.0 Å². The van der Waals surface area contributed by atoms with Crippen molar-refractivity contribution in [3.05, 3.63) is 42.2 Å². The summed E-state index contributed by atoms with van der Waals surface area (Å²) in [5, 5.41) is 2.83. The lowest BCUT2D eigenvalue weighted by molar-refractivity contribution is -0.140. The van der Waals surface area contributed by atoms with Gasteiger partial charge in [0.05, 0.1) is 29.4 Å². The SMILES string of the molecule is Cn1c(CNC(=O)CCN2C(=O)[C@@H]3CC=CC[C@H]3C2=O)nc2ccccc21. The first-order valence-corrected chi connectivity index (χ1v) is 9.23. The van der Waals surface area contributed by atoms with Gasteiger partial charge < -0.3 is 9.88 Å². The Morgan fingerprint density at radius 2 is 1.81 bits per heavy atom. The lowest BCUT2D eigenvalue weighted by Crippen LogP contribution is -2.35. The Morgan fingerprint density at radius 3 is 2.48 bits per heavy atom. The predicted molar refractivity (Wildman–Crippen MR) is 99.3 cm³/mol. The number of aryl methyl sites for hydroxylation is 1. The van der Waals surface area contributed by atoms with Crippen LogP contribution in [0.1, 0.15) is 25.1 Å². The number of hydrogen-bond donors (Lipinski definition) is 1. The first-order valence-electron chi connectivity index (χ1n) is 9.23. The average Bonchev–Trinajstić information content (AvgIpc) is 3.14. The van der Waals surface area contributed by atoms with Crippen LogP contribution in [-0.4, -0.2) is 38.7 Å². The van der Waals surface area contributed by atoms with E-state index >= 15 is 0 Å². The van der Waals surface area contributed by atoms with Gasteiger partial charge in [-0.25, -0.2) is 4.98 Å². The van der Waals surface area contributed by atoms with E-state index in [1.807, 2.05) is 48.0 Å². The van der Waals surface area contributed by atoms with Crippen molar-refractivity contribution in [3.8, 4) is 0 Å². The van der Waals surface area contributed by atoms with E-state index in [1.54, 1.807) is 0 Å². The number of fused-ring (bicyclic) bond motifs is 2. The third-order valence-corrected chi connectivity index (χ3v) is 5.48. The number of carbonyl (C=O) groups excluding carboxylic acids is 3. The van der Waals surface area contributed by atoms with Crippen LogP contribution >= 0.6 is 0 Å². The molecule has 27 heavy (non-hydrogen) atoms. The highest BCUT2D eigenvalue weighted by Crippen LogP contribution is 2.34. The van der Waals surface area contributed by atoms with E-state index in [9.17, 15) is 14.4 Å². The van der Waals surface area contributed by atoms with Crippen molar-refractivity contribution < 1.29 is 14.4 Å². The molecule has 1 saturated heterocycles. The minimum atomic E-state index is -0.245. The zero-order valence-electron chi connectivity index (χ0n) is 15.2. The summed E-state index contributed by atoms with van der Waals surface area (Å²) in [7, 11) is 1.91. The fraction of sp³-hybridized carbons (Fsp3) is 0.400. The molecular formula is C20H22N4O3. The number of imide groups is 1. The Bertz CT molecular complexity index is 920. The molecular weight excluding hydrogens is 344 g/mol. The molecule has 0 unspecified atom stereocenters. The number of nitrogens with one attached hydrogen (secondary N) is 1. The van der Waals surface area contributed by atoms with Gasteiger partial charge in [-0.3, -0.25) is 19.3 Å². The summed E-state index contributed by atoms with van der Waals surface area (Å²) in [4.78, 5) is 42.8. The molecule has 7 heteroatoms. The molecule has 2 heterocycles. The van der Waals surface area contributed by atoms with E-state index in [4.69, 9.17) is 0 Å². The molecule has 2 aliphatic rings. The van der Waals surface area contributed by atoms with Crippen molar-refractivity contribution >= 4 is 28.8 Å². The average molecular weight is 366 g/mol. The second-order valence-corrected chi connectivity index (χ2v) is 7.09. The molecule has 1 fully saturated rings. The van der Waals surface area contributed by atoms with Crippen LogP contribution in [0.5, 0.6) is 0 Å². The molecule has 3 amide bonds. The Balaban J connectivity index is 1.33. The lowest BCUT2D eigenvalue weighted by atomic mass is 9.85. The standard InChI is InChI=1S/C20H22N4O3/c1-23-16-9-5-4-8-15(16)22-17(23)12-21-18(25)10-11-24-19(26)13-6-2-3-7-14(13)20(24)27/h2-5,8-9,13-14H,6-7,10-12H2,1H3,(H,21,25)/t13-,14-/m1/s1. The zero-order chi connectivity index (χ0) is 19.0. The molecule has 4 rings (SSSR count). The Kier molecular flexibility index (Phi) is 4.51. The third-order valence-electron chi connectivity index (χ3n) is 5.48. The molecule has 1 aromatic heterocycles. The van der Waals surface area contributed by atoms with Gasteiger partial charge in [-0.15, -0.1) is 0 Å². The molecule has 0 spiro atoms. The molecule has 1 N–H and O–H groups in total. The van der Waals surface area contributed by atoms with Crippen molar-refractivity contribution in [2.45, 2.75) is 25.8 Å². The number of para-hydroxylation sites is 2. The van der Waals surface area contributed by atoms with Crippen LogP contribution in [0.15, 0.2) is 36.4 Å². The molecule has 0 bridgehead atoms. The third kappa shape index (κ3) is 3.13. The van der Waals surface area contributed by atoms with Crippen LogP contribution in [0.4, 0.5) is 0 Å². The maximum Gasteiger partial charge on any atom is 0.233 e. The minimum Gasteiger partial charge on any atom is -0.349 e. The van der Waals surface area contributed by atoms with Gasteiger partial charge in [0.1, 0.15) is 5.82 Å². The monoisotopic (exact) mass is 366 g/mol. The number of nitrogens with zero attached hydrogens (tertiary/aromatic N) is 3. The number of benzene rings is 1. The number of aromatic nitrogens is 2. The van der Waals surface area contributed by atoms with Crippen molar-refractivity contribution in [1.29, 1.82) is 0 Å². The highest BCUT2D eigenvalue weighted by molar-refractivity contribution is 6.05. The molecule has 7 nitrogen and oxygen atoms in total. The van der Waals surface area contributed by atoms with Crippen molar-refractivity contribution in [1.82, 2.24) is 19.8 Å². The maximum atomic E-state index is 12.4. The van der Waals surface area contributed by atoms with Gasteiger partial charge in [0.2, 0.25) is 17.7 Å². The maximum absolute atomic E-state index is 12.4. The van der Waals surface area contributed by atoms with Gasteiger partial charge in [0.25, 0.3) is 0 Å². The van der Waals surface area contributed by atoms with Gasteiger partial charge in [-0.1, -0.05) is 24.3 Å². The molecule has 1 aromatic carbocycles. The van der Waals surface area contributed by atoms with Gasteiger partial charge in [-0.2, -0.15) is 0 Å². The topological polar surface area (TPSA) is 84.3 Å². The predicted octanol–water partition coefficient (Wildman–Crippen LogP) is 1.53. The quantitative estimate of drug-likeness (QED) is 0.642. The fourth-order valence-corrected chi connectivity index (χ4v) is 3.92. The molecule has 0 saturated carbocycles. The summed E-state index contributed by atoms with van der Waals surface area (Å²) in [5.74, 6) is -0.211. The van der Waals surface area contributed by atoms with E-state index in [1.165, 1.54) is 4.90 Å². The van der Waals surface area contributed by atoms with Crippen LogP contribution in [0.2, 0.25) is 0 Å². The number of likely N-dealkylation sites (tertiary alicyclic amines) is 1. The fourth-order valence-electron chi connectivity index (χ4n) is 3.92. The largest absolute Gasteiger partial charge is 0.349 e. The Hall–Kier alpha value is -2.96. The van der Waals surface area contributed by atoms with Gasteiger partial charge in [-0.05, 0) is 25.0 Å². The van der Waals surface area contributed by atoms with E-state index in [0.717, 1.165) is 16.9 Å². The van der Waals surface area contributed by atoms with Crippen molar-refractivity contribution in [2.24, 2.45) is 18.9 Å². The summed E-state index contributed by atoms with van der Waals surface area (Å²) in [6.07, 6.45) is 5.25. The second-order valence-electron chi connectivity index (χ2n) is 7.09. The molecule has 2 aromatic rings. The highest BCUT2D eigenvalue weighted by Gasteiger charge is 2.46. The molecule has 0 radical (unpaired) electrons. The Morgan fingerprint density at radius 1 is 1.15 bits per heavy atom. The number of carbonyl (C=O) groups is 3. The molecule has 140 valence electrons. The van der Waals surface area contributed by atoms with Crippen molar-refractivity contribution in [2.75, 3.05) is 6.54 Å². The number of rotatable bonds is 5. The number of allylic oxidation sites excluding steroid dienone is 2. The number of imidazole rings is 1. The van der Waals surface area contributed by atoms with Crippen molar-refractivity contribution in [3.63, 3.8) is 0 Å². The summed E-state index contributed by atoms with van der Waals surface area (Å²) in [6, 6.07) is 7.78. The molecule has 1 aliphatic heterocycles. The highest BCUT2D eigenvalue weighted by atomic mass is 16.2. The van der Waals surface area contributed by atoms with E-state index < -0.39 is 0 Å². The normalized spacial score (nSPS) is 21.7. The number of amides is 3. The number of hydrogen-bond acceptors (Lipinski definition) is 4. The summed E-state index contributed by atoms with van der Waals surface area (Å²) >= 11 is 0. The van der Waals surface area contributed by atoms with E-state index in [0.29, 0.717) is 19.4 Å². The minimum absolute atomic E-state index is 0.105.